The van der Waals surface area contributed by atoms with E-state index in [0.29, 0.717) is 16.7 Å². The lowest BCUT2D eigenvalue weighted by molar-refractivity contribution is 0.687. The number of rotatable bonds is 4. The van der Waals surface area contributed by atoms with Gasteiger partial charge in [-0.05, 0) is 64.0 Å². The Hall–Kier alpha value is -1.41. The molecule has 0 saturated heterocycles. The van der Waals surface area contributed by atoms with Crippen LogP contribution in [-0.4, -0.2) is 14.9 Å². The first-order chi connectivity index (χ1) is 12.0. The zero-order chi connectivity index (χ0) is 17.8. The number of nitrogens with one attached hydrogen (secondary N) is 2. The summed E-state index contributed by atoms with van der Waals surface area (Å²) >= 11 is 18.4. The summed E-state index contributed by atoms with van der Waals surface area (Å²) in [5.74, 6) is 0. The van der Waals surface area contributed by atoms with E-state index in [4.69, 9.17) is 23.8 Å². The van der Waals surface area contributed by atoms with Crippen molar-refractivity contribution in [2.24, 2.45) is 0 Å². The van der Waals surface area contributed by atoms with Crippen LogP contribution in [0, 0.1) is 0 Å². The normalized spacial score (nSPS) is 10.5. The van der Waals surface area contributed by atoms with E-state index in [-0.39, 0.29) is 0 Å². The summed E-state index contributed by atoms with van der Waals surface area (Å²) in [5, 5.41) is 11.6. The molecular formula is C17H13Br2ClN4S. The molecule has 0 radical (unpaired) electrons. The fourth-order valence-electron chi connectivity index (χ4n) is 2.23. The number of hydrogen-bond acceptors (Lipinski definition) is 2. The highest BCUT2D eigenvalue weighted by Gasteiger charge is 2.05. The molecule has 1 aromatic heterocycles. The van der Waals surface area contributed by atoms with Gasteiger partial charge >= 0.3 is 0 Å². The summed E-state index contributed by atoms with van der Waals surface area (Å²) in [6.45, 7) is 0.680. The van der Waals surface area contributed by atoms with Gasteiger partial charge in [-0.1, -0.05) is 39.7 Å². The SMILES string of the molecule is S=C(Nc1cccc(Cn2cc(Br)cn2)c1)Nc1ccc(Br)cc1Cl. The van der Waals surface area contributed by atoms with Crippen LogP contribution < -0.4 is 10.6 Å². The number of anilines is 2. The molecular weight excluding hydrogens is 488 g/mol. The smallest absolute Gasteiger partial charge is 0.175 e. The average Bonchev–Trinajstić information content (AvgIpc) is 2.95. The van der Waals surface area contributed by atoms with Gasteiger partial charge in [0.15, 0.2) is 5.11 Å². The van der Waals surface area contributed by atoms with Crippen LogP contribution in [-0.2, 0) is 6.54 Å². The van der Waals surface area contributed by atoms with E-state index >= 15 is 0 Å². The van der Waals surface area contributed by atoms with Crippen molar-refractivity contribution in [2.45, 2.75) is 6.54 Å². The molecule has 0 bridgehead atoms. The van der Waals surface area contributed by atoms with Gasteiger partial charge in [-0.25, -0.2) is 0 Å². The molecule has 0 saturated carbocycles. The predicted octanol–water partition coefficient (Wildman–Crippen LogP) is 5.92. The first kappa shape index (κ1) is 18.4. The molecule has 2 aromatic carbocycles. The van der Waals surface area contributed by atoms with Crippen molar-refractivity contribution in [3.05, 3.63) is 74.4 Å². The molecule has 25 heavy (non-hydrogen) atoms. The van der Waals surface area contributed by atoms with Crippen molar-refractivity contribution in [1.29, 1.82) is 0 Å². The summed E-state index contributed by atoms with van der Waals surface area (Å²) in [7, 11) is 0. The first-order valence-electron chi connectivity index (χ1n) is 7.29. The summed E-state index contributed by atoms with van der Waals surface area (Å²) in [6.07, 6.45) is 3.70. The molecule has 8 heteroatoms. The van der Waals surface area contributed by atoms with Gasteiger partial charge < -0.3 is 10.6 Å². The summed E-state index contributed by atoms with van der Waals surface area (Å²) in [6, 6.07) is 13.6. The van der Waals surface area contributed by atoms with Crippen LogP contribution in [0.2, 0.25) is 5.02 Å². The van der Waals surface area contributed by atoms with Crippen molar-refractivity contribution in [2.75, 3.05) is 10.6 Å². The van der Waals surface area contributed by atoms with Crippen LogP contribution in [0.1, 0.15) is 5.56 Å². The third kappa shape index (κ3) is 5.28. The van der Waals surface area contributed by atoms with Gasteiger partial charge in [0.2, 0.25) is 0 Å². The highest BCUT2D eigenvalue weighted by atomic mass is 79.9. The second-order valence-corrected chi connectivity index (χ2v) is 7.91. The molecule has 0 fully saturated rings. The second-order valence-electron chi connectivity index (χ2n) is 5.26. The molecule has 0 unspecified atom stereocenters. The van der Waals surface area contributed by atoms with Gasteiger partial charge in [-0.3, -0.25) is 4.68 Å². The predicted molar refractivity (Wildman–Crippen MR) is 114 cm³/mol. The third-order valence-corrected chi connectivity index (χ3v) is 4.73. The lowest BCUT2D eigenvalue weighted by atomic mass is 10.2. The van der Waals surface area contributed by atoms with Crippen molar-refractivity contribution < 1.29 is 0 Å². The van der Waals surface area contributed by atoms with Crippen LogP contribution in [0.5, 0.6) is 0 Å². The minimum atomic E-state index is 0.475. The molecule has 1 heterocycles. The molecule has 4 nitrogen and oxygen atoms in total. The van der Waals surface area contributed by atoms with Crippen molar-refractivity contribution >= 4 is 72.2 Å². The van der Waals surface area contributed by atoms with E-state index in [1.165, 1.54) is 0 Å². The maximum Gasteiger partial charge on any atom is 0.175 e. The van der Waals surface area contributed by atoms with Crippen LogP contribution in [0.3, 0.4) is 0 Å². The fourth-order valence-corrected chi connectivity index (χ4v) is 3.51. The van der Waals surface area contributed by atoms with E-state index in [9.17, 15) is 0 Å². The van der Waals surface area contributed by atoms with E-state index in [1.807, 2.05) is 53.3 Å². The highest BCUT2D eigenvalue weighted by Crippen LogP contribution is 2.25. The Kier molecular flexibility index (Phi) is 6.11. The zero-order valence-corrected chi connectivity index (χ0v) is 17.6. The number of aromatic nitrogens is 2. The molecule has 0 amide bonds. The minimum Gasteiger partial charge on any atom is -0.332 e. The quantitative estimate of drug-likeness (QED) is 0.437. The zero-order valence-electron chi connectivity index (χ0n) is 12.8. The highest BCUT2D eigenvalue weighted by molar-refractivity contribution is 9.10. The first-order valence-corrected chi connectivity index (χ1v) is 9.67. The number of benzene rings is 2. The molecule has 3 aromatic rings. The third-order valence-electron chi connectivity index (χ3n) is 3.31. The van der Waals surface area contributed by atoms with Crippen LogP contribution in [0.25, 0.3) is 0 Å². The van der Waals surface area contributed by atoms with E-state index in [0.717, 1.165) is 25.9 Å². The standard InChI is InChI=1S/C17H13Br2ClN4S/c18-12-4-5-16(15(20)7-12)23-17(25)22-14-3-1-2-11(6-14)9-24-10-13(19)8-21-24/h1-8,10H,9H2,(H2,22,23,25). The maximum atomic E-state index is 6.20. The monoisotopic (exact) mass is 498 g/mol. The van der Waals surface area contributed by atoms with E-state index in [1.54, 1.807) is 6.20 Å². The number of halogens is 3. The van der Waals surface area contributed by atoms with Gasteiger partial charge in [-0.2, -0.15) is 5.10 Å². The molecule has 2 N–H and O–H groups in total. The Morgan fingerprint density at radius 2 is 1.96 bits per heavy atom. The summed E-state index contributed by atoms with van der Waals surface area (Å²) in [5.41, 5.74) is 2.76. The maximum absolute atomic E-state index is 6.20. The lowest BCUT2D eigenvalue weighted by Gasteiger charge is -2.13. The van der Waals surface area contributed by atoms with Gasteiger partial charge in [0, 0.05) is 16.4 Å². The van der Waals surface area contributed by atoms with Gasteiger partial charge in [-0.15, -0.1) is 0 Å². The molecule has 3 rings (SSSR count). The topological polar surface area (TPSA) is 41.9 Å². The average molecular weight is 501 g/mol. The second kappa shape index (κ2) is 8.31. The van der Waals surface area contributed by atoms with Crippen LogP contribution in [0.15, 0.2) is 63.8 Å². The van der Waals surface area contributed by atoms with E-state index in [2.05, 4.69) is 47.6 Å². The minimum absolute atomic E-state index is 0.475. The Morgan fingerprint density at radius 3 is 2.68 bits per heavy atom. The number of thiocarbonyl (C=S) groups is 1. The Bertz CT molecular complexity index is 913. The lowest BCUT2D eigenvalue weighted by Crippen LogP contribution is -2.19. The van der Waals surface area contributed by atoms with Crippen molar-refractivity contribution in [3.8, 4) is 0 Å². The molecule has 128 valence electrons. The van der Waals surface area contributed by atoms with Gasteiger partial charge in [0.25, 0.3) is 0 Å². The van der Waals surface area contributed by atoms with Crippen molar-refractivity contribution in [3.63, 3.8) is 0 Å². The Morgan fingerprint density at radius 1 is 1.12 bits per heavy atom. The summed E-state index contributed by atoms with van der Waals surface area (Å²) in [4.78, 5) is 0. The summed E-state index contributed by atoms with van der Waals surface area (Å²) < 4.78 is 3.74. The van der Waals surface area contributed by atoms with Crippen molar-refractivity contribution in [1.82, 2.24) is 9.78 Å². The van der Waals surface area contributed by atoms with E-state index < -0.39 is 0 Å². The largest absolute Gasteiger partial charge is 0.332 e. The molecule has 0 aliphatic rings. The Labute approximate surface area is 172 Å². The molecule has 0 atom stereocenters. The van der Waals surface area contributed by atoms with Crippen LogP contribution in [0.4, 0.5) is 11.4 Å². The van der Waals surface area contributed by atoms with Crippen LogP contribution >= 0.6 is 55.7 Å². The molecule has 0 aliphatic heterocycles. The van der Waals surface area contributed by atoms with Gasteiger partial charge in [0.1, 0.15) is 0 Å². The number of nitrogens with zero attached hydrogens (tertiary/aromatic N) is 2. The fraction of sp³-hybridized carbons (Fsp3) is 0.0588. The number of hydrogen-bond donors (Lipinski definition) is 2. The molecule has 0 aliphatic carbocycles. The van der Waals surface area contributed by atoms with Gasteiger partial charge in [0.05, 0.1) is 27.9 Å². The molecule has 0 spiro atoms. The Balaban J connectivity index is 1.66.